The lowest BCUT2D eigenvalue weighted by molar-refractivity contribution is -0.128. The van der Waals surface area contributed by atoms with Crippen LogP contribution in [0, 0.1) is 5.92 Å². The molecule has 0 radical (unpaired) electrons. The van der Waals surface area contributed by atoms with Crippen LogP contribution in [0.15, 0.2) is 48.5 Å². The summed E-state index contributed by atoms with van der Waals surface area (Å²) in [6, 6.07) is 15.0. The summed E-state index contributed by atoms with van der Waals surface area (Å²) in [4.78, 5) is 26.5. The Balaban J connectivity index is 1.56. The number of methoxy groups -OCH3 is 2. The van der Waals surface area contributed by atoms with Crippen LogP contribution < -0.4 is 14.8 Å². The fourth-order valence-electron chi connectivity index (χ4n) is 3.23. The highest BCUT2D eigenvalue weighted by Crippen LogP contribution is 2.28. The highest BCUT2D eigenvalue weighted by Gasteiger charge is 2.34. The predicted molar refractivity (Wildman–Crippen MR) is 103 cm³/mol. The van der Waals surface area contributed by atoms with Gasteiger partial charge in [-0.3, -0.25) is 9.59 Å². The monoisotopic (exact) mass is 368 g/mol. The highest BCUT2D eigenvalue weighted by atomic mass is 16.5. The molecule has 6 heteroatoms. The lowest BCUT2D eigenvalue weighted by atomic mass is 10.1. The summed E-state index contributed by atoms with van der Waals surface area (Å²) in [6.07, 6.45) is 0.948. The number of carbonyl (C=O) groups excluding carboxylic acids is 2. The zero-order chi connectivity index (χ0) is 19.2. The number of hydrogen-bond donors (Lipinski definition) is 1. The maximum Gasteiger partial charge on any atom is 0.229 e. The van der Waals surface area contributed by atoms with Gasteiger partial charge in [0.2, 0.25) is 11.8 Å². The minimum Gasteiger partial charge on any atom is -0.493 e. The quantitative estimate of drug-likeness (QED) is 0.816. The molecular weight excluding hydrogens is 344 g/mol. The van der Waals surface area contributed by atoms with E-state index in [4.69, 9.17) is 9.47 Å². The summed E-state index contributed by atoms with van der Waals surface area (Å²) in [6.45, 7) is 1.02. The first-order valence-corrected chi connectivity index (χ1v) is 8.95. The third kappa shape index (κ3) is 4.58. The molecule has 142 valence electrons. The van der Waals surface area contributed by atoms with Crippen molar-refractivity contribution in [3.8, 4) is 11.5 Å². The second-order valence-electron chi connectivity index (χ2n) is 6.54. The summed E-state index contributed by atoms with van der Waals surface area (Å²) >= 11 is 0. The normalized spacial score (nSPS) is 16.3. The lowest BCUT2D eigenvalue weighted by Crippen LogP contribution is -2.30. The van der Waals surface area contributed by atoms with Gasteiger partial charge in [0.1, 0.15) is 0 Å². The van der Waals surface area contributed by atoms with Gasteiger partial charge in [0.15, 0.2) is 11.5 Å². The van der Waals surface area contributed by atoms with E-state index >= 15 is 0 Å². The molecule has 1 unspecified atom stereocenters. The lowest BCUT2D eigenvalue weighted by Gasteiger charge is -2.17. The number of likely N-dealkylation sites (tertiary alicyclic amines) is 1. The molecule has 6 nitrogen and oxygen atoms in total. The Morgan fingerprint density at radius 3 is 2.56 bits per heavy atom. The number of nitrogens with zero attached hydrogens (tertiary/aromatic N) is 1. The Hall–Kier alpha value is -3.02. The van der Waals surface area contributed by atoms with Gasteiger partial charge in [-0.1, -0.05) is 24.3 Å². The first-order valence-electron chi connectivity index (χ1n) is 8.95. The van der Waals surface area contributed by atoms with Crippen LogP contribution in [0.5, 0.6) is 11.5 Å². The van der Waals surface area contributed by atoms with Gasteiger partial charge in [-0.15, -0.1) is 0 Å². The molecule has 1 aliphatic rings. The van der Waals surface area contributed by atoms with Crippen LogP contribution in [0.4, 0.5) is 5.69 Å². The minimum atomic E-state index is -0.317. The van der Waals surface area contributed by atoms with Crippen molar-refractivity contribution < 1.29 is 19.1 Å². The van der Waals surface area contributed by atoms with Gasteiger partial charge in [0, 0.05) is 25.2 Å². The Morgan fingerprint density at radius 2 is 1.85 bits per heavy atom. The predicted octanol–water partition coefficient (Wildman–Crippen LogP) is 2.73. The van der Waals surface area contributed by atoms with Crippen LogP contribution in [-0.4, -0.2) is 44.0 Å². The zero-order valence-electron chi connectivity index (χ0n) is 15.6. The van der Waals surface area contributed by atoms with Crippen molar-refractivity contribution in [3.05, 3.63) is 54.1 Å². The molecule has 2 amide bonds. The second kappa shape index (κ2) is 8.58. The van der Waals surface area contributed by atoms with E-state index in [1.54, 1.807) is 19.1 Å². The van der Waals surface area contributed by atoms with Crippen molar-refractivity contribution in [2.45, 2.75) is 12.8 Å². The zero-order valence-corrected chi connectivity index (χ0v) is 15.6. The number of carbonyl (C=O) groups is 2. The smallest absolute Gasteiger partial charge is 0.229 e. The van der Waals surface area contributed by atoms with Gasteiger partial charge in [-0.2, -0.15) is 0 Å². The number of benzene rings is 2. The highest BCUT2D eigenvalue weighted by molar-refractivity contribution is 5.97. The minimum absolute atomic E-state index is 0.0173. The summed E-state index contributed by atoms with van der Waals surface area (Å²) in [5.74, 6) is 0.939. The number of amides is 2. The molecule has 1 aliphatic heterocycles. The molecular formula is C21H24N2O4. The van der Waals surface area contributed by atoms with E-state index in [0.29, 0.717) is 31.0 Å². The Labute approximate surface area is 159 Å². The standard InChI is InChI=1S/C21H24N2O4/c1-26-18-9-8-15(12-19(18)27-2)10-11-23-14-16(13-20(23)24)21(25)22-17-6-4-3-5-7-17/h3-9,12,16H,10-11,13-14H2,1-2H3,(H,22,25). The summed E-state index contributed by atoms with van der Waals surface area (Å²) in [5, 5.41) is 2.88. The van der Waals surface area contributed by atoms with Crippen LogP contribution >= 0.6 is 0 Å². The molecule has 2 aromatic carbocycles. The second-order valence-corrected chi connectivity index (χ2v) is 6.54. The Morgan fingerprint density at radius 1 is 1.11 bits per heavy atom. The molecule has 2 aromatic rings. The molecule has 0 saturated carbocycles. The van der Waals surface area contributed by atoms with Crippen molar-refractivity contribution in [2.24, 2.45) is 5.92 Å². The van der Waals surface area contributed by atoms with Crippen LogP contribution in [0.3, 0.4) is 0 Å². The summed E-state index contributed by atoms with van der Waals surface area (Å²) in [7, 11) is 3.20. The third-order valence-electron chi connectivity index (χ3n) is 4.74. The SMILES string of the molecule is COc1ccc(CCN2CC(C(=O)Nc3ccccc3)CC2=O)cc1OC. The molecule has 1 N–H and O–H groups in total. The van der Waals surface area contributed by atoms with Crippen molar-refractivity contribution in [1.82, 2.24) is 4.90 Å². The first kappa shape index (κ1) is 18.8. The molecule has 1 saturated heterocycles. The van der Waals surface area contributed by atoms with Crippen LogP contribution in [-0.2, 0) is 16.0 Å². The van der Waals surface area contributed by atoms with Crippen LogP contribution in [0.25, 0.3) is 0 Å². The molecule has 0 aromatic heterocycles. The maximum atomic E-state index is 12.4. The van der Waals surface area contributed by atoms with Gasteiger partial charge in [0.25, 0.3) is 0 Å². The Kier molecular flexibility index (Phi) is 5.96. The van der Waals surface area contributed by atoms with Gasteiger partial charge in [0.05, 0.1) is 20.1 Å². The number of anilines is 1. The third-order valence-corrected chi connectivity index (χ3v) is 4.74. The molecule has 27 heavy (non-hydrogen) atoms. The molecule has 1 fully saturated rings. The molecule has 0 aliphatic carbocycles. The van der Waals surface area contributed by atoms with Crippen LogP contribution in [0.1, 0.15) is 12.0 Å². The van der Waals surface area contributed by atoms with Gasteiger partial charge in [-0.05, 0) is 36.2 Å². The number of hydrogen-bond acceptors (Lipinski definition) is 4. The average Bonchev–Trinajstić information content (AvgIpc) is 3.07. The number of rotatable bonds is 7. The Bertz CT molecular complexity index is 807. The maximum absolute atomic E-state index is 12.4. The molecule has 1 atom stereocenters. The number of para-hydroxylation sites is 1. The fraction of sp³-hybridized carbons (Fsp3) is 0.333. The van der Waals surface area contributed by atoms with Crippen molar-refractivity contribution in [3.63, 3.8) is 0 Å². The van der Waals surface area contributed by atoms with Crippen molar-refractivity contribution in [2.75, 3.05) is 32.6 Å². The van der Waals surface area contributed by atoms with Gasteiger partial charge in [-0.25, -0.2) is 0 Å². The van der Waals surface area contributed by atoms with E-state index in [9.17, 15) is 9.59 Å². The van der Waals surface area contributed by atoms with E-state index in [1.807, 2.05) is 48.5 Å². The van der Waals surface area contributed by atoms with E-state index in [2.05, 4.69) is 5.32 Å². The van der Waals surface area contributed by atoms with E-state index in [1.165, 1.54) is 0 Å². The van der Waals surface area contributed by atoms with Crippen molar-refractivity contribution >= 4 is 17.5 Å². The van der Waals surface area contributed by atoms with Gasteiger partial charge < -0.3 is 19.7 Å². The topological polar surface area (TPSA) is 67.9 Å². The molecule has 1 heterocycles. The fourth-order valence-corrected chi connectivity index (χ4v) is 3.23. The van der Waals surface area contributed by atoms with Gasteiger partial charge >= 0.3 is 0 Å². The summed E-state index contributed by atoms with van der Waals surface area (Å²) in [5.41, 5.74) is 1.80. The molecule has 0 spiro atoms. The van der Waals surface area contributed by atoms with E-state index in [0.717, 1.165) is 11.3 Å². The average molecular weight is 368 g/mol. The van der Waals surface area contributed by atoms with Crippen molar-refractivity contribution in [1.29, 1.82) is 0 Å². The molecule has 3 rings (SSSR count). The largest absolute Gasteiger partial charge is 0.493 e. The van der Waals surface area contributed by atoms with E-state index in [-0.39, 0.29) is 24.2 Å². The first-order chi connectivity index (χ1) is 13.1. The summed E-state index contributed by atoms with van der Waals surface area (Å²) < 4.78 is 10.6. The number of ether oxygens (including phenoxy) is 2. The van der Waals surface area contributed by atoms with Crippen LogP contribution in [0.2, 0.25) is 0 Å². The molecule has 0 bridgehead atoms. The van der Waals surface area contributed by atoms with E-state index < -0.39 is 0 Å². The number of nitrogens with one attached hydrogen (secondary N) is 1.